The maximum Gasteiger partial charge on any atom is 0.338 e. The van der Waals surface area contributed by atoms with Gasteiger partial charge in [0.2, 0.25) is 0 Å². The zero-order valence-electron chi connectivity index (χ0n) is 9.48. The SMILES string of the molecule is C=C(C)NC(=O)c1c(Cl)c(Cl)c(Cl)c(Cl)c1C(=O)O. The highest BCUT2D eigenvalue weighted by atomic mass is 35.5. The van der Waals surface area contributed by atoms with Crippen LogP contribution in [0.4, 0.5) is 0 Å². The van der Waals surface area contributed by atoms with Crippen molar-refractivity contribution in [3.63, 3.8) is 0 Å². The molecule has 0 atom stereocenters. The summed E-state index contributed by atoms with van der Waals surface area (Å²) in [7, 11) is 0. The molecule has 0 unspecified atom stereocenters. The highest BCUT2D eigenvalue weighted by Crippen LogP contribution is 2.41. The summed E-state index contributed by atoms with van der Waals surface area (Å²) in [6, 6.07) is 0. The normalized spacial score (nSPS) is 10.2. The van der Waals surface area contributed by atoms with E-state index in [0.29, 0.717) is 5.70 Å². The van der Waals surface area contributed by atoms with Crippen molar-refractivity contribution in [2.45, 2.75) is 6.92 Å². The monoisotopic (exact) mass is 341 g/mol. The molecule has 0 aliphatic carbocycles. The molecule has 1 amide bonds. The molecule has 8 heteroatoms. The molecule has 0 radical (unpaired) electrons. The van der Waals surface area contributed by atoms with Gasteiger partial charge in [0.25, 0.3) is 5.91 Å². The number of carbonyl (C=O) groups excluding carboxylic acids is 1. The van der Waals surface area contributed by atoms with Crippen LogP contribution in [0.25, 0.3) is 0 Å². The molecule has 0 spiro atoms. The largest absolute Gasteiger partial charge is 0.478 e. The number of nitrogens with one attached hydrogen (secondary N) is 1. The lowest BCUT2D eigenvalue weighted by Gasteiger charge is -2.13. The molecule has 0 aliphatic rings. The molecular formula is C11H7Cl4NO3. The first kappa shape index (κ1) is 16.1. The molecule has 19 heavy (non-hydrogen) atoms. The lowest BCUT2D eigenvalue weighted by Crippen LogP contribution is -2.24. The Kier molecular flexibility index (Phi) is 5.10. The van der Waals surface area contributed by atoms with E-state index in [4.69, 9.17) is 51.5 Å². The molecule has 0 saturated heterocycles. The number of allylic oxidation sites excluding steroid dienone is 1. The average Bonchev–Trinajstić information content (AvgIpc) is 2.29. The van der Waals surface area contributed by atoms with Crippen LogP contribution in [0.3, 0.4) is 0 Å². The van der Waals surface area contributed by atoms with Crippen LogP contribution in [-0.4, -0.2) is 17.0 Å². The van der Waals surface area contributed by atoms with Crippen molar-refractivity contribution >= 4 is 58.3 Å². The van der Waals surface area contributed by atoms with Gasteiger partial charge in [-0.1, -0.05) is 53.0 Å². The van der Waals surface area contributed by atoms with Gasteiger partial charge in [0.1, 0.15) is 0 Å². The zero-order chi connectivity index (χ0) is 14.9. The summed E-state index contributed by atoms with van der Waals surface area (Å²) >= 11 is 23.2. The van der Waals surface area contributed by atoms with Crippen LogP contribution in [0.2, 0.25) is 20.1 Å². The topological polar surface area (TPSA) is 66.4 Å². The number of carboxylic acid groups (broad SMARTS) is 1. The second kappa shape index (κ2) is 6.01. The van der Waals surface area contributed by atoms with Gasteiger partial charge in [0, 0.05) is 5.70 Å². The first-order valence-corrected chi connectivity index (χ1v) is 6.25. The standard InChI is InChI=1S/C11H7Cl4NO3/c1-3(2)16-10(17)4-5(11(18)19)7(13)9(15)8(14)6(4)12/h1H2,2H3,(H,16,17)(H,18,19). The van der Waals surface area contributed by atoms with Gasteiger partial charge in [-0.05, 0) is 6.92 Å². The second-order valence-electron chi connectivity index (χ2n) is 3.55. The highest BCUT2D eigenvalue weighted by Gasteiger charge is 2.28. The van der Waals surface area contributed by atoms with Crippen LogP contribution in [-0.2, 0) is 0 Å². The molecule has 102 valence electrons. The number of carbonyl (C=O) groups is 2. The molecule has 1 aromatic carbocycles. The number of halogens is 4. The molecule has 0 saturated carbocycles. The van der Waals surface area contributed by atoms with Gasteiger partial charge >= 0.3 is 5.97 Å². The molecule has 0 heterocycles. The van der Waals surface area contributed by atoms with Crippen molar-refractivity contribution in [3.05, 3.63) is 43.5 Å². The van der Waals surface area contributed by atoms with E-state index < -0.39 is 17.4 Å². The van der Waals surface area contributed by atoms with Crippen LogP contribution in [0, 0.1) is 0 Å². The van der Waals surface area contributed by atoms with Crippen LogP contribution in [0.1, 0.15) is 27.6 Å². The quantitative estimate of drug-likeness (QED) is 0.637. The second-order valence-corrected chi connectivity index (χ2v) is 5.06. The van der Waals surface area contributed by atoms with Gasteiger partial charge in [-0.3, -0.25) is 4.79 Å². The Hall–Kier alpha value is -0.940. The number of hydrogen-bond acceptors (Lipinski definition) is 2. The van der Waals surface area contributed by atoms with Crippen LogP contribution in [0.5, 0.6) is 0 Å². The molecule has 0 bridgehead atoms. The van der Waals surface area contributed by atoms with Crippen LogP contribution < -0.4 is 5.32 Å². The molecule has 2 N–H and O–H groups in total. The van der Waals surface area contributed by atoms with Gasteiger partial charge in [0.05, 0.1) is 31.2 Å². The Morgan fingerprint density at radius 2 is 1.42 bits per heavy atom. The molecule has 0 fully saturated rings. The number of rotatable bonds is 3. The molecule has 0 aromatic heterocycles. The van der Waals surface area contributed by atoms with E-state index >= 15 is 0 Å². The van der Waals surface area contributed by atoms with Crippen molar-refractivity contribution in [2.24, 2.45) is 0 Å². The van der Waals surface area contributed by atoms with E-state index in [1.807, 2.05) is 0 Å². The van der Waals surface area contributed by atoms with E-state index in [9.17, 15) is 9.59 Å². The summed E-state index contributed by atoms with van der Waals surface area (Å²) in [5, 5.41) is 10.4. The van der Waals surface area contributed by atoms with E-state index in [0.717, 1.165) is 0 Å². The minimum absolute atomic E-state index is 0.190. The van der Waals surface area contributed by atoms with Crippen molar-refractivity contribution in [3.8, 4) is 0 Å². The van der Waals surface area contributed by atoms with Crippen molar-refractivity contribution < 1.29 is 14.7 Å². The van der Waals surface area contributed by atoms with E-state index in [-0.39, 0.29) is 25.7 Å². The number of hydrogen-bond donors (Lipinski definition) is 2. The van der Waals surface area contributed by atoms with Gasteiger partial charge in [-0.15, -0.1) is 0 Å². The molecule has 4 nitrogen and oxygen atoms in total. The fourth-order valence-corrected chi connectivity index (χ4v) is 2.32. The van der Waals surface area contributed by atoms with E-state index in [1.165, 1.54) is 6.92 Å². The summed E-state index contributed by atoms with van der Waals surface area (Å²) in [5.74, 6) is -2.23. The Morgan fingerprint density at radius 1 is 1.00 bits per heavy atom. The summed E-state index contributed by atoms with van der Waals surface area (Å²) in [6.07, 6.45) is 0. The third-order valence-corrected chi connectivity index (χ3v) is 3.84. The van der Waals surface area contributed by atoms with Gasteiger partial charge in [0.15, 0.2) is 0 Å². The maximum absolute atomic E-state index is 11.9. The first-order valence-electron chi connectivity index (χ1n) is 4.74. The Labute approximate surface area is 128 Å². The predicted octanol–water partition coefficient (Wildman–Crippen LogP) is 4.26. The van der Waals surface area contributed by atoms with Gasteiger partial charge in [-0.2, -0.15) is 0 Å². The highest BCUT2D eigenvalue weighted by molar-refractivity contribution is 6.54. The molecule has 1 rings (SSSR count). The van der Waals surface area contributed by atoms with Gasteiger partial charge < -0.3 is 10.4 Å². The number of carboxylic acids is 1. The van der Waals surface area contributed by atoms with E-state index in [2.05, 4.69) is 11.9 Å². The van der Waals surface area contributed by atoms with Crippen LogP contribution >= 0.6 is 46.4 Å². The molecule has 1 aromatic rings. The minimum Gasteiger partial charge on any atom is -0.478 e. The van der Waals surface area contributed by atoms with Gasteiger partial charge in [-0.25, -0.2) is 4.79 Å². The number of aromatic carboxylic acids is 1. The number of benzene rings is 1. The van der Waals surface area contributed by atoms with Crippen LogP contribution in [0.15, 0.2) is 12.3 Å². The van der Waals surface area contributed by atoms with Crippen molar-refractivity contribution in [1.29, 1.82) is 0 Å². The molecular weight excluding hydrogens is 336 g/mol. The Morgan fingerprint density at radius 3 is 1.79 bits per heavy atom. The lowest BCUT2D eigenvalue weighted by atomic mass is 10.1. The first-order chi connectivity index (χ1) is 8.68. The van der Waals surface area contributed by atoms with Crippen molar-refractivity contribution in [2.75, 3.05) is 0 Å². The Bertz CT molecular complexity index is 598. The third-order valence-electron chi connectivity index (χ3n) is 2.03. The summed E-state index contributed by atoms with van der Waals surface area (Å²) in [5.41, 5.74) is -0.573. The molecule has 0 aliphatic heterocycles. The fraction of sp³-hybridized carbons (Fsp3) is 0.0909. The summed E-state index contributed by atoms with van der Waals surface area (Å²) in [4.78, 5) is 23.1. The minimum atomic E-state index is -1.45. The smallest absolute Gasteiger partial charge is 0.338 e. The van der Waals surface area contributed by atoms with Crippen molar-refractivity contribution in [1.82, 2.24) is 5.32 Å². The lowest BCUT2D eigenvalue weighted by molar-refractivity contribution is 0.0691. The average molecular weight is 343 g/mol. The summed E-state index contributed by atoms with van der Waals surface area (Å²) < 4.78 is 0. The number of amides is 1. The summed E-state index contributed by atoms with van der Waals surface area (Å²) in [6.45, 7) is 4.99. The van der Waals surface area contributed by atoms with E-state index in [1.54, 1.807) is 0 Å². The Balaban J connectivity index is 3.66. The zero-order valence-corrected chi connectivity index (χ0v) is 12.5. The third kappa shape index (κ3) is 3.15. The fourth-order valence-electron chi connectivity index (χ4n) is 1.30. The maximum atomic E-state index is 11.9. The predicted molar refractivity (Wildman–Crippen MR) is 75.7 cm³/mol.